The second-order valence-corrected chi connectivity index (χ2v) is 4.27. The number of aryl methyl sites for hydroxylation is 1. The van der Waals surface area contributed by atoms with Gasteiger partial charge in [0.15, 0.2) is 0 Å². The molecule has 0 aliphatic rings. The van der Waals surface area contributed by atoms with E-state index in [2.05, 4.69) is 51.8 Å². The van der Waals surface area contributed by atoms with Crippen LogP contribution in [0.5, 0.6) is 0 Å². The fraction of sp³-hybridized carbons (Fsp3) is 0.273. The maximum atomic E-state index is 5.53. The number of nitrogens with two attached hydrogens (primary N) is 1. The third-order valence-electron chi connectivity index (χ3n) is 2.48. The lowest BCUT2D eigenvalue weighted by Crippen LogP contribution is -2.02. The normalized spacial score (nSPS) is 11.1. The molecular formula is C11H13BrN2. The van der Waals surface area contributed by atoms with E-state index >= 15 is 0 Å². The molecule has 0 bridgehead atoms. The molecule has 3 heteroatoms. The molecule has 0 aliphatic heterocycles. The van der Waals surface area contributed by atoms with E-state index in [0.29, 0.717) is 6.54 Å². The summed E-state index contributed by atoms with van der Waals surface area (Å²) in [5.74, 6) is 0. The Kier molecular flexibility index (Phi) is 2.61. The molecule has 2 nitrogen and oxygen atoms in total. The van der Waals surface area contributed by atoms with Gasteiger partial charge >= 0.3 is 0 Å². The SMILES string of the molecule is Cn1c(Br)cc2ccc(CCN)cc21. The van der Waals surface area contributed by atoms with E-state index < -0.39 is 0 Å². The van der Waals surface area contributed by atoms with Gasteiger partial charge in [0.2, 0.25) is 0 Å². The Labute approximate surface area is 91.8 Å². The van der Waals surface area contributed by atoms with Crippen molar-refractivity contribution >= 4 is 26.8 Å². The van der Waals surface area contributed by atoms with Crippen LogP contribution in [0.3, 0.4) is 0 Å². The lowest BCUT2D eigenvalue weighted by Gasteiger charge is -2.01. The molecule has 2 aromatic rings. The Balaban J connectivity index is 2.58. The highest BCUT2D eigenvalue weighted by Crippen LogP contribution is 2.23. The van der Waals surface area contributed by atoms with Crippen molar-refractivity contribution in [1.82, 2.24) is 4.57 Å². The van der Waals surface area contributed by atoms with Crippen LogP contribution in [0.25, 0.3) is 10.9 Å². The highest BCUT2D eigenvalue weighted by molar-refractivity contribution is 9.10. The molecule has 0 amide bonds. The van der Waals surface area contributed by atoms with Crippen molar-refractivity contribution < 1.29 is 0 Å². The summed E-state index contributed by atoms with van der Waals surface area (Å²) in [5.41, 5.74) is 8.08. The zero-order valence-corrected chi connectivity index (χ0v) is 9.71. The molecule has 0 fully saturated rings. The summed E-state index contributed by atoms with van der Waals surface area (Å²) in [5, 5.41) is 1.26. The van der Waals surface area contributed by atoms with Gasteiger partial charge in [-0.15, -0.1) is 0 Å². The smallest absolute Gasteiger partial charge is 0.0854 e. The van der Waals surface area contributed by atoms with E-state index in [0.717, 1.165) is 11.0 Å². The average molecular weight is 253 g/mol. The van der Waals surface area contributed by atoms with E-state index in [1.807, 2.05) is 0 Å². The number of aromatic nitrogens is 1. The quantitative estimate of drug-likeness (QED) is 0.875. The zero-order chi connectivity index (χ0) is 10.1. The first-order valence-electron chi connectivity index (χ1n) is 4.66. The van der Waals surface area contributed by atoms with Crippen LogP contribution < -0.4 is 5.73 Å². The van der Waals surface area contributed by atoms with E-state index in [1.165, 1.54) is 16.5 Å². The summed E-state index contributed by atoms with van der Waals surface area (Å²) in [6.45, 7) is 0.705. The van der Waals surface area contributed by atoms with Crippen molar-refractivity contribution in [3.63, 3.8) is 0 Å². The first-order valence-corrected chi connectivity index (χ1v) is 5.45. The molecule has 0 saturated heterocycles. The van der Waals surface area contributed by atoms with Gasteiger partial charge in [-0.2, -0.15) is 0 Å². The Morgan fingerprint density at radius 2 is 2.14 bits per heavy atom. The Morgan fingerprint density at radius 1 is 1.36 bits per heavy atom. The van der Waals surface area contributed by atoms with Crippen molar-refractivity contribution in [2.45, 2.75) is 6.42 Å². The summed E-state index contributed by atoms with van der Waals surface area (Å²) in [7, 11) is 2.05. The van der Waals surface area contributed by atoms with Crippen LogP contribution in [0.1, 0.15) is 5.56 Å². The minimum Gasteiger partial charge on any atom is -0.338 e. The maximum Gasteiger partial charge on any atom is 0.0854 e. The molecule has 0 spiro atoms. The minimum atomic E-state index is 0.705. The standard InChI is InChI=1S/C11H13BrN2/c1-14-10-6-8(4-5-13)2-3-9(10)7-11(14)12/h2-3,6-7H,4-5,13H2,1H3. The van der Waals surface area contributed by atoms with Gasteiger partial charge in [0.1, 0.15) is 0 Å². The summed E-state index contributed by atoms with van der Waals surface area (Å²) in [6, 6.07) is 8.61. The fourth-order valence-electron chi connectivity index (χ4n) is 1.66. The highest BCUT2D eigenvalue weighted by atomic mass is 79.9. The highest BCUT2D eigenvalue weighted by Gasteiger charge is 2.03. The summed E-state index contributed by atoms with van der Waals surface area (Å²) < 4.78 is 3.24. The van der Waals surface area contributed by atoms with Crippen LogP contribution in [0.2, 0.25) is 0 Å². The first kappa shape index (κ1) is 9.74. The Hall–Kier alpha value is -0.800. The topological polar surface area (TPSA) is 30.9 Å². The molecule has 2 rings (SSSR count). The summed E-state index contributed by atoms with van der Waals surface area (Å²) >= 11 is 3.51. The van der Waals surface area contributed by atoms with E-state index in [9.17, 15) is 0 Å². The molecule has 14 heavy (non-hydrogen) atoms. The van der Waals surface area contributed by atoms with E-state index in [-0.39, 0.29) is 0 Å². The molecule has 74 valence electrons. The monoisotopic (exact) mass is 252 g/mol. The number of nitrogens with zero attached hydrogens (tertiary/aromatic N) is 1. The molecule has 0 unspecified atom stereocenters. The van der Waals surface area contributed by atoms with Crippen molar-refractivity contribution in [2.75, 3.05) is 6.54 Å². The van der Waals surface area contributed by atoms with Gasteiger partial charge in [-0.3, -0.25) is 0 Å². The van der Waals surface area contributed by atoms with Crippen LogP contribution >= 0.6 is 15.9 Å². The Bertz CT molecular complexity index is 460. The van der Waals surface area contributed by atoms with Crippen LogP contribution in [-0.4, -0.2) is 11.1 Å². The van der Waals surface area contributed by atoms with Crippen molar-refractivity contribution in [1.29, 1.82) is 0 Å². The van der Waals surface area contributed by atoms with Gasteiger partial charge in [-0.1, -0.05) is 12.1 Å². The molecule has 0 saturated carbocycles. The molecule has 1 aromatic carbocycles. The molecule has 1 aromatic heterocycles. The maximum absolute atomic E-state index is 5.53. The van der Waals surface area contributed by atoms with E-state index in [1.54, 1.807) is 0 Å². The second kappa shape index (κ2) is 3.75. The number of benzene rings is 1. The third kappa shape index (κ3) is 1.57. The van der Waals surface area contributed by atoms with Gasteiger partial charge < -0.3 is 10.3 Å². The zero-order valence-electron chi connectivity index (χ0n) is 8.13. The largest absolute Gasteiger partial charge is 0.338 e. The van der Waals surface area contributed by atoms with Crippen LogP contribution in [0.15, 0.2) is 28.9 Å². The lowest BCUT2D eigenvalue weighted by molar-refractivity contribution is 0.933. The van der Waals surface area contributed by atoms with Gasteiger partial charge in [0.05, 0.1) is 4.60 Å². The molecule has 0 aliphatic carbocycles. The average Bonchev–Trinajstić information content (AvgIpc) is 2.45. The Morgan fingerprint density at radius 3 is 2.86 bits per heavy atom. The second-order valence-electron chi connectivity index (χ2n) is 3.46. The number of halogens is 1. The minimum absolute atomic E-state index is 0.705. The molecular weight excluding hydrogens is 240 g/mol. The van der Waals surface area contributed by atoms with Gasteiger partial charge in [-0.05, 0) is 46.6 Å². The predicted molar refractivity (Wildman–Crippen MR) is 63.4 cm³/mol. The molecule has 1 heterocycles. The number of hydrogen-bond acceptors (Lipinski definition) is 1. The molecule has 0 radical (unpaired) electrons. The fourth-order valence-corrected chi connectivity index (χ4v) is 2.10. The van der Waals surface area contributed by atoms with Crippen molar-refractivity contribution in [3.05, 3.63) is 34.4 Å². The number of hydrogen-bond donors (Lipinski definition) is 1. The van der Waals surface area contributed by atoms with Crippen molar-refractivity contribution in [3.8, 4) is 0 Å². The summed E-state index contributed by atoms with van der Waals surface area (Å²) in [6.07, 6.45) is 0.943. The van der Waals surface area contributed by atoms with Crippen LogP contribution in [0.4, 0.5) is 0 Å². The lowest BCUT2D eigenvalue weighted by atomic mass is 10.1. The number of rotatable bonds is 2. The first-order chi connectivity index (χ1) is 6.72. The third-order valence-corrected chi connectivity index (χ3v) is 3.25. The van der Waals surface area contributed by atoms with Gasteiger partial charge in [0.25, 0.3) is 0 Å². The predicted octanol–water partition coefficient (Wildman–Crippen LogP) is 2.44. The van der Waals surface area contributed by atoms with Crippen LogP contribution in [-0.2, 0) is 13.5 Å². The molecule has 0 atom stereocenters. The van der Waals surface area contributed by atoms with Gasteiger partial charge in [-0.25, -0.2) is 0 Å². The number of fused-ring (bicyclic) bond motifs is 1. The molecule has 2 N–H and O–H groups in total. The van der Waals surface area contributed by atoms with E-state index in [4.69, 9.17) is 5.73 Å². The van der Waals surface area contributed by atoms with Crippen molar-refractivity contribution in [2.24, 2.45) is 12.8 Å². The summed E-state index contributed by atoms with van der Waals surface area (Å²) in [4.78, 5) is 0. The van der Waals surface area contributed by atoms with Gasteiger partial charge in [0, 0.05) is 18.0 Å². The van der Waals surface area contributed by atoms with Crippen LogP contribution in [0, 0.1) is 0 Å².